The highest BCUT2D eigenvalue weighted by Gasteiger charge is 2.50. The van der Waals surface area contributed by atoms with Crippen LogP contribution in [0.5, 0.6) is 0 Å². The maximum Gasteiger partial charge on any atom is 0.230 e. The summed E-state index contributed by atoms with van der Waals surface area (Å²) in [6.07, 6.45) is 3.63. The number of imidazole rings is 1. The molecule has 0 spiro atoms. The van der Waals surface area contributed by atoms with Crippen LogP contribution in [-0.4, -0.2) is 22.4 Å². The van der Waals surface area contributed by atoms with Crippen LogP contribution in [0.25, 0.3) is 11.0 Å². The Bertz CT molecular complexity index is 816. The normalized spacial score (nSPS) is 15.3. The summed E-state index contributed by atoms with van der Waals surface area (Å²) in [4.78, 5) is 20.4. The van der Waals surface area contributed by atoms with Gasteiger partial charge in [0.1, 0.15) is 5.82 Å². The largest absolute Gasteiger partial charge is 0.355 e. The van der Waals surface area contributed by atoms with Crippen molar-refractivity contribution in [2.75, 3.05) is 6.54 Å². The van der Waals surface area contributed by atoms with Crippen molar-refractivity contribution in [1.29, 1.82) is 0 Å². The molecule has 0 radical (unpaired) electrons. The summed E-state index contributed by atoms with van der Waals surface area (Å²) in [6.45, 7) is 0.685. The van der Waals surface area contributed by atoms with Crippen LogP contribution in [0.2, 0.25) is 0 Å². The summed E-state index contributed by atoms with van der Waals surface area (Å²) in [5.74, 6) is 1.15. The van der Waals surface area contributed by atoms with Crippen molar-refractivity contribution in [3.63, 3.8) is 0 Å². The number of nitrogens with zero attached hydrogens (tertiary/aromatic N) is 1. The smallest absolute Gasteiger partial charge is 0.230 e. The first kappa shape index (κ1) is 14.9. The third kappa shape index (κ3) is 2.80. The van der Waals surface area contributed by atoms with Gasteiger partial charge in [-0.1, -0.05) is 42.5 Å². The number of hydrogen-bond acceptors (Lipinski definition) is 2. The van der Waals surface area contributed by atoms with Crippen molar-refractivity contribution in [1.82, 2.24) is 15.3 Å². The van der Waals surface area contributed by atoms with Gasteiger partial charge in [-0.3, -0.25) is 4.79 Å². The van der Waals surface area contributed by atoms with Crippen molar-refractivity contribution in [3.05, 3.63) is 66.0 Å². The number of aryl methyl sites for hydroxylation is 1. The minimum atomic E-state index is -0.277. The standard InChI is InChI=1S/C20H21N3O/c24-19(20(12-13-20)15-7-2-1-3-8-15)21-14-6-11-18-22-16-9-4-5-10-17(16)23-18/h1-5,7-10H,6,11-14H2,(H,21,24)(H,22,23). The number of para-hydroxylation sites is 2. The highest BCUT2D eigenvalue weighted by molar-refractivity contribution is 5.91. The highest BCUT2D eigenvalue weighted by atomic mass is 16.2. The molecule has 0 atom stereocenters. The van der Waals surface area contributed by atoms with Crippen LogP contribution in [-0.2, 0) is 16.6 Å². The number of aromatic amines is 1. The third-order valence-electron chi connectivity index (χ3n) is 4.83. The van der Waals surface area contributed by atoms with Crippen LogP contribution in [0.4, 0.5) is 0 Å². The maximum absolute atomic E-state index is 12.5. The Kier molecular flexibility index (Phi) is 3.81. The Morgan fingerprint density at radius 1 is 1.08 bits per heavy atom. The van der Waals surface area contributed by atoms with Gasteiger partial charge in [0.25, 0.3) is 0 Å². The maximum atomic E-state index is 12.5. The number of carbonyl (C=O) groups is 1. The van der Waals surface area contributed by atoms with E-state index >= 15 is 0 Å². The zero-order valence-corrected chi connectivity index (χ0v) is 13.6. The molecule has 2 N–H and O–H groups in total. The van der Waals surface area contributed by atoms with Crippen LogP contribution in [0.1, 0.15) is 30.7 Å². The number of rotatable bonds is 6. The minimum absolute atomic E-state index is 0.165. The predicted octanol–water partition coefficient (Wildman–Crippen LogP) is 3.34. The van der Waals surface area contributed by atoms with Gasteiger partial charge in [0.2, 0.25) is 5.91 Å². The second kappa shape index (κ2) is 6.11. The molecule has 4 nitrogen and oxygen atoms in total. The lowest BCUT2D eigenvalue weighted by molar-refractivity contribution is -0.123. The fraction of sp³-hybridized carbons (Fsp3) is 0.300. The zero-order chi connectivity index (χ0) is 16.4. The van der Waals surface area contributed by atoms with Gasteiger partial charge in [-0.2, -0.15) is 0 Å². The number of nitrogens with one attached hydrogen (secondary N) is 2. The molecule has 1 heterocycles. The number of fused-ring (bicyclic) bond motifs is 1. The van der Waals surface area contributed by atoms with Gasteiger partial charge < -0.3 is 10.3 Å². The molecule has 0 saturated heterocycles. The highest BCUT2D eigenvalue weighted by Crippen LogP contribution is 2.48. The summed E-state index contributed by atoms with van der Waals surface area (Å²) in [6, 6.07) is 18.1. The fourth-order valence-corrected chi connectivity index (χ4v) is 3.28. The Morgan fingerprint density at radius 3 is 2.58 bits per heavy atom. The van der Waals surface area contributed by atoms with Crippen LogP contribution in [0.3, 0.4) is 0 Å². The minimum Gasteiger partial charge on any atom is -0.355 e. The second-order valence-corrected chi connectivity index (χ2v) is 6.51. The summed E-state index contributed by atoms with van der Waals surface area (Å²) >= 11 is 0. The molecule has 4 rings (SSSR count). The molecule has 1 aromatic heterocycles. The second-order valence-electron chi connectivity index (χ2n) is 6.51. The molecule has 0 aliphatic heterocycles. The first-order valence-corrected chi connectivity index (χ1v) is 8.55. The molecule has 1 aliphatic carbocycles. The van der Waals surface area contributed by atoms with Crippen LogP contribution < -0.4 is 5.32 Å². The monoisotopic (exact) mass is 319 g/mol. The fourth-order valence-electron chi connectivity index (χ4n) is 3.28. The number of amides is 1. The Balaban J connectivity index is 1.30. The lowest BCUT2D eigenvalue weighted by atomic mass is 9.95. The van der Waals surface area contributed by atoms with E-state index in [1.165, 1.54) is 0 Å². The molecular formula is C20H21N3O. The molecule has 1 fully saturated rings. The van der Waals surface area contributed by atoms with Gasteiger partial charge in [0, 0.05) is 13.0 Å². The first-order chi connectivity index (χ1) is 11.8. The number of hydrogen-bond donors (Lipinski definition) is 2. The van der Waals surface area contributed by atoms with Crippen molar-refractivity contribution in [3.8, 4) is 0 Å². The van der Waals surface area contributed by atoms with E-state index in [0.717, 1.165) is 48.1 Å². The number of benzene rings is 2. The third-order valence-corrected chi connectivity index (χ3v) is 4.83. The molecule has 1 aliphatic rings. The Labute approximate surface area is 141 Å². The van der Waals surface area contributed by atoms with E-state index in [2.05, 4.69) is 27.4 Å². The Morgan fingerprint density at radius 2 is 1.83 bits per heavy atom. The lowest BCUT2D eigenvalue weighted by Gasteiger charge is -2.15. The molecule has 3 aromatic rings. The van der Waals surface area contributed by atoms with Gasteiger partial charge in [-0.15, -0.1) is 0 Å². The molecule has 1 saturated carbocycles. The van der Waals surface area contributed by atoms with E-state index in [4.69, 9.17) is 0 Å². The molecule has 24 heavy (non-hydrogen) atoms. The molecule has 4 heteroatoms. The van der Waals surface area contributed by atoms with Crippen molar-refractivity contribution >= 4 is 16.9 Å². The summed E-state index contributed by atoms with van der Waals surface area (Å²) in [5.41, 5.74) is 2.93. The summed E-state index contributed by atoms with van der Waals surface area (Å²) in [5, 5.41) is 3.11. The first-order valence-electron chi connectivity index (χ1n) is 8.55. The average molecular weight is 319 g/mol. The summed E-state index contributed by atoms with van der Waals surface area (Å²) in [7, 11) is 0. The molecule has 1 amide bonds. The van der Waals surface area contributed by atoms with Crippen molar-refractivity contribution in [2.45, 2.75) is 31.1 Å². The predicted molar refractivity (Wildman–Crippen MR) is 94.8 cm³/mol. The average Bonchev–Trinajstić information content (AvgIpc) is 3.33. The van der Waals surface area contributed by atoms with E-state index in [-0.39, 0.29) is 11.3 Å². The molecule has 122 valence electrons. The van der Waals surface area contributed by atoms with E-state index in [1.807, 2.05) is 42.5 Å². The molecular weight excluding hydrogens is 298 g/mol. The molecule has 2 aromatic carbocycles. The summed E-state index contributed by atoms with van der Waals surface area (Å²) < 4.78 is 0. The zero-order valence-electron chi connectivity index (χ0n) is 13.6. The Hall–Kier alpha value is -2.62. The number of carbonyl (C=O) groups excluding carboxylic acids is 1. The van der Waals surface area contributed by atoms with E-state index in [0.29, 0.717) is 6.54 Å². The van der Waals surface area contributed by atoms with Crippen LogP contribution >= 0.6 is 0 Å². The van der Waals surface area contributed by atoms with Crippen LogP contribution in [0.15, 0.2) is 54.6 Å². The number of aromatic nitrogens is 2. The SMILES string of the molecule is O=C(NCCCc1nc2ccccc2[nH]1)C1(c2ccccc2)CC1. The number of H-pyrrole nitrogens is 1. The van der Waals surface area contributed by atoms with E-state index < -0.39 is 0 Å². The van der Waals surface area contributed by atoms with Crippen LogP contribution in [0, 0.1) is 0 Å². The molecule has 0 unspecified atom stereocenters. The topological polar surface area (TPSA) is 57.8 Å². The van der Waals surface area contributed by atoms with E-state index in [1.54, 1.807) is 0 Å². The lowest BCUT2D eigenvalue weighted by Crippen LogP contribution is -2.35. The van der Waals surface area contributed by atoms with E-state index in [9.17, 15) is 4.79 Å². The quantitative estimate of drug-likeness (QED) is 0.685. The van der Waals surface area contributed by atoms with Gasteiger partial charge >= 0.3 is 0 Å². The van der Waals surface area contributed by atoms with Gasteiger partial charge in [-0.25, -0.2) is 4.98 Å². The van der Waals surface area contributed by atoms with Gasteiger partial charge in [0.15, 0.2) is 0 Å². The van der Waals surface area contributed by atoms with Crippen molar-refractivity contribution < 1.29 is 4.79 Å². The molecule has 0 bridgehead atoms. The van der Waals surface area contributed by atoms with Gasteiger partial charge in [0.05, 0.1) is 16.4 Å². The van der Waals surface area contributed by atoms with Gasteiger partial charge in [-0.05, 0) is 37.0 Å². The van der Waals surface area contributed by atoms with Crippen molar-refractivity contribution in [2.24, 2.45) is 0 Å².